The summed E-state index contributed by atoms with van der Waals surface area (Å²) < 4.78 is 0.760. The molecule has 0 radical (unpaired) electrons. The van der Waals surface area contributed by atoms with E-state index in [1.54, 1.807) is 6.07 Å². The van der Waals surface area contributed by atoms with Gasteiger partial charge in [-0.3, -0.25) is 10.3 Å². The van der Waals surface area contributed by atoms with Crippen molar-refractivity contribution in [2.75, 3.05) is 12.6 Å². The van der Waals surface area contributed by atoms with Gasteiger partial charge in [-0.1, -0.05) is 11.6 Å². The van der Waals surface area contributed by atoms with Crippen LogP contribution >= 0.6 is 39.1 Å². The van der Waals surface area contributed by atoms with E-state index in [9.17, 15) is 0 Å². The van der Waals surface area contributed by atoms with Gasteiger partial charge in [0.1, 0.15) is 5.15 Å². The third-order valence-corrected chi connectivity index (χ3v) is 2.96. The molecule has 0 spiro atoms. The molecule has 0 fully saturated rings. The summed E-state index contributed by atoms with van der Waals surface area (Å²) in [6, 6.07) is 3.59. The van der Waals surface area contributed by atoms with E-state index in [1.165, 1.54) is 7.11 Å². The number of fused-ring (bicyclic) bond motifs is 1. The summed E-state index contributed by atoms with van der Waals surface area (Å²) in [7, 11) is 1.53. The summed E-state index contributed by atoms with van der Waals surface area (Å²) in [4.78, 5) is 12.8. The van der Waals surface area contributed by atoms with Gasteiger partial charge in [0, 0.05) is 9.86 Å². The zero-order valence-corrected chi connectivity index (χ0v) is 11.2. The van der Waals surface area contributed by atoms with Gasteiger partial charge in [0.2, 0.25) is 5.28 Å². The number of nitrogens with zero attached hydrogens (tertiary/aromatic N) is 2. The molecule has 1 aromatic carbocycles. The summed E-state index contributed by atoms with van der Waals surface area (Å²) in [5.41, 5.74) is 4.11. The fourth-order valence-corrected chi connectivity index (χ4v) is 2.29. The summed E-state index contributed by atoms with van der Waals surface area (Å²) in [6.45, 7) is 0. The van der Waals surface area contributed by atoms with Crippen molar-refractivity contribution in [3.63, 3.8) is 0 Å². The summed E-state index contributed by atoms with van der Waals surface area (Å²) in [5, 5.41) is 1.11. The topological polar surface area (TPSA) is 47.0 Å². The molecular formula is C9H6BrCl2N3O. The molecule has 0 aliphatic heterocycles. The predicted molar refractivity (Wildman–Crippen MR) is 67.9 cm³/mol. The molecule has 16 heavy (non-hydrogen) atoms. The van der Waals surface area contributed by atoms with Crippen LogP contribution in [0.2, 0.25) is 10.4 Å². The van der Waals surface area contributed by atoms with Crippen LogP contribution < -0.4 is 5.48 Å². The average molecular weight is 323 g/mol. The smallest absolute Gasteiger partial charge is 0.224 e. The normalized spacial score (nSPS) is 10.8. The Bertz CT molecular complexity index is 550. The monoisotopic (exact) mass is 321 g/mol. The number of anilines is 1. The predicted octanol–water partition coefficient (Wildman–Crippen LogP) is 3.67. The van der Waals surface area contributed by atoms with Gasteiger partial charge in [-0.25, -0.2) is 9.97 Å². The van der Waals surface area contributed by atoms with Crippen molar-refractivity contribution in [1.82, 2.24) is 9.97 Å². The fourth-order valence-electron chi connectivity index (χ4n) is 1.31. The molecule has 84 valence electrons. The van der Waals surface area contributed by atoms with Crippen LogP contribution in [0.1, 0.15) is 0 Å². The first-order chi connectivity index (χ1) is 7.61. The minimum absolute atomic E-state index is 0.116. The van der Waals surface area contributed by atoms with E-state index in [0.717, 1.165) is 10.2 Å². The zero-order chi connectivity index (χ0) is 11.7. The molecule has 4 nitrogen and oxygen atoms in total. The van der Waals surface area contributed by atoms with Gasteiger partial charge >= 0.3 is 0 Å². The Morgan fingerprint density at radius 3 is 2.75 bits per heavy atom. The van der Waals surface area contributed by atoms with Crippen LogP contribution in [0.5, 0.6) is 0 Å². The van der Waals surface area contributed by atoms with Crippen molar-refractivity contribution in [3.05, 3.63) is 27.0 Å². The SMILES string of the molecule is CONc1cc(Br)c2nc(Cl)nc(Cl)c2c1. The molecule has 0 saturated heterocycles. The van der Waals surface area contributed by atoms with Crippen LogP contribution in [0.4, 0.5) is 5.69 Å². The average Bonchev–Trinajstić information content (AvgIpc) is 2.20. The van der Waals surface area contributed by atoms with Crippen LogP contribution in [-0.4, -0.2) is 17.1 Å². The highest BCUT2D eigenvalue weighted by Crippen LogP contribution is 2.31. The number of rotatable bonds is 2. The lowest BCUT2D eigenvalue weighted by molar-refractivity contribution is 0.271. The van der Waals surface area contributed by atoms with Crippen LogP contribution in [0, 0.1) is 0 Å². The molecule has 0 aliphatic rings. The van der Waals surface area contributed by atoms with E-state index >= 15 is 0 Å². The van der Waals surface area contributed by atoms with E-state index < -0.39 is 0 Å². The first-order valence-corrected chi connectivity index (χ1v) is 5.78. The lowest BCUT2D eigenvalue weighted by Crippen LogP contribution is -1.96. The summed E-state index contributed by atoms with van der Waals surface area (Å²) >= 11 is 15.1. The third kappa shape index (κ3) is 2.22. The van der Waals surface area contributed by atoms with Crippen molar-refractivity contribution < 1.29 is 4.84 Å². The lowest BCUT2D eigenvalue weighted by Gasteiger charge is -2.07. The molecule has 0 aliphatic carbocycles. The van der Waals surface area contributed by atoms with E-state index in [4.69, 9.17) is 28.0 Å². The molecule has 0 atom stereocenters. The zero-order valence-electron chi connectivity index (χ0n) is 8.09. The fraction of sp³-hybridized carbons (Fsp3) is 0.111. The van der Waals surface area contributed by atoms with Crippen molar-refractivity contribution in [2.24, 2.45) is 0 Å². The van der Waals surface area contributed by atoms with Gasteiger partial charge in [0.15, 0.2) is 0 Å². The van der Waals surface area contributed by atoms with E-state index in [1.807, 2.05) is 6.07 Å². The minimum Gasteiger partial charge on any atom is -0.279 e. The summed E-state index contributed by atoms with van der Waals surface area (Å²) in [6.07, 6.45) is 0. The maximum atomic E-state index is 5.98. The molecule has 1 aromatic heterocycles. The third-order valence-electron chi connectivity index (χ3n) is 1.90. The van der Waals surface area contributed by atoms with E-state index in [2.05, 4.69) is 31.4 Å². The number of aromatic nitrogens is 2. The van der Waals surface area contributed by atoms with Gasteiger partial charge < -0.3 is 0 Å². The van der Waals surface area contributed by atoms with Crippen molar-refractivity contribution in [3.8, 4) is 0 Å². The van der Waals surface area contributed by atoms with Crippen LogP contribution in [0.25, 0.3) is 10.9 Å². The molecule has 0 unspecified atom stereocenters. The Balaban J connectivity index is 2.71. The molecule has 0 amide bonds. The Kier molecular flexibility index (Phi) is 3.49. The second kappa shape index (κ2) is 4.71. The Labute approximate surface area is 110 Å². The van der Waals surface area contributed by atoms with Crippen LogP contribution in [0.15, 0.2) is 16.6 Å². The quantitative estimate of drug-likeness (QED) is 0.520. The Morgan fingerprint density at radius 1 is 1.31 bits per heavy atom. The maximum Gasteiger partial charge on any atom is 0.224 e. The minimum atomic E-state index is 0.116. The van der Waals surface area contributed by atoms with E-state index in [-0.39, 0.29) is 5.28 Å². The van der Waals surface area contributed by atoms with Crippen LogP contribution in [0.3, 0.4) is 0 Å². The van der Waals surface area contributed by atoms with Gasteiger partial charge in [0.05, 0.1) is 18.3 Å². The highest BCUT2D eigenvalue weighted by Gasteiger charge is 2.09. The molecule has 1 heterocycles. The highest BCUT2D eigenvalue weighted by atomic mass is 79.9. The number of hydrogen-bond donors (Lipinski definition) is 1. The highest BCUT2D eigenvalue weighted by molar-refractivity contribution is 9.10. The number of benzene rings is 1. The van der Waals surface area contributed by atoms with Gasteiger partial charge in [-0.2, -0.15) is 0 Å². The molecular weight excluding hydrogens is 317 g/mol. The molecule has 0 saturated carbocycles. The number of nitrogens with one attached hydrogen (secondary N) is 1. The Morgan fingerprint density at radius 2 is 2.06 bits per heavy atom. The van der Waals surface area contributed by atoms with Crippen LogP contribution in [-0.2, 0) is 4.84 Å². The largest absolute Gasteiger partial charge is 0.279 e. The molecule has 1 N–H and O–H groups in total. The van der Waals surface area contributed by atoms with Crippen molar-refractivity contribution >= 4 is 55.7 Å². The molecule has 2 rings (SSSR count). The van der Waals surface area contributed by atoms with Crippen molar-refractivity contribution in [2.45, 2.75) is 0 Å². The summed E-state index contributed by atoms with van der Waals surface area (Å²) in [5.74, 6) is 0. The lowest BCUT2D eigenvalue weighted by atomic mass is 10.2. The first kappa shape index (κ1) is 11.9. The van der Waals surface area contributed by atoms with Crippen molar-refractivity contribution in [1.29, 1.82) is 0 Å². The van der Waals surface area contributed by atoms with Gasteiger partial charge in [0.25, 0.3) is 0 Å². The number of halogens is 3. The van der Waals surface area contributed by atoms with E-state index in [0.29, 0.717) is 16.1 Å². The Hall–Kier alpha value is -0.620. The number of hydrogen-bond acceptors (Lipinski definition) is 4. The standard InChI is InChI=1S/C9H6BrCl2N3O/c1-16-15-4-2-5-7(6(10)3-4)13-9(12)14-8(5)11/h2-3,15H,1H3. The molecule has 2 aromatic rings. The maximum absolute atomic E-state index is 5.98. The van der Waals surface area contributed by atoms with Gasteiger partial charge in [-0.15, -0.1) is 0 Å². The first-order valence-electron chi connectivity index (χ1n) is 4.23. The molecule has 7 heteroatoms. The second-order valence-electron chi connectivity index (χ2n) is 2.94. The second-order valence-corrected chi connectivity index (χ2v) is 4.49. The van der Waals surface area contributed by atoms with Gasteiger partial charge in [-0.05, 0) is 39.7 Å². The molecule has 0 bridgehead atoms.